The predicted octanol–water partition coefficient (Wildman–Crippen LogP) is 1.53. The van der Waals surface area contributed by atoms with E-state index in [-0.39, 0.29) is 6.10 Å². The molecule has 0 aromatic rings. The van der Waals surface area contributed by atoms with Crippen LogP contribution in [0.25, 0.3) is 0 Å². The molecule has 1 unspecified atom stereocenters. The maximum atomic E-state index is 10.5. The Kier molecular flexibility index (Phi) is 1.47. The third kappa shape index (κ3) is 1.32. The van der Waals surface area contributed by atoms with Crippen LogP contribution in [-0.4, -0.2) is 6.10 Å². The summed E-state index contributed by atoms with van der Waals surface area (Å²) in [5.74, 6) is 0. The highest BCUT2D eigenvalue weighted by Crippen LogP contribution is 2.09. The first kappa shape index (κ1) is 4.85. The number of hydrogen-bond donors (Lipinski definition) is 0. The molecule has 1 heteroatoms. The Bertz CT molecular complexity index is 76.2. The lowest BCUT2D eigenvalue weighted by molar-refractivity contribution is 0.0814. The fourth-order valence-corrected chi connectivity index (χ4v) is 0.766. The zero-order valence-electron chi connectivity index (χ0n) is 4.26. The van der Waals surface area contributed by atoms with Crippen molar-refractivity contribution in [2.45, 2.75) is 25.4 Å². The Balaban J connectivity index is 2.32. The molecule has 0 fully saturated rings. The Hall–Kier alpha value is -0.300. The van der Waals surface area contributed by atoms with E-state index < -0.39 is 0 Å². The first-order valence-electron chi connectivity index (χ1n) is 2.70. The van der Waals surface area contributed by atoms with Crippen LogP contribution in [0, 0.1) is 0 Å². The van der Waals surface area contributed by atoms with E-state index in [1.807, 2.05) is 6.08 Å². The molecule has 1 atom stereocenters. The standard InChI is InChI=1S/C6H9O/c7-6-4-2-1-3-5-6/h1-2,6H,3-5H2. The molecule has 0 spiro atoms. The van der Waals surface area contributed by atoms with Gasteiger partial charge >= 0.3 is 0 Å². The van der Waals surface area contributed by atoms with E-state index in [4.69, 9.17) is 0 Å². The lowest BCUT2D eigenvalue weighted by Crippen LogP contribution is -2.04. The van der Waals surface area contributed by atoms with Crippen LogP contribution in [0.15, 0.2) is 12.2 Å². The van der Waals surface area contributed by atoms with Crippen molar-refractivity contribution in [1.29, 1.82) is 0 Å². The van der Waals surface area contributed by atoms with Crippen LogP contribution in [0.3, 0.4) is 0 Å². The Morgan fingerprint density at radius 1 is 1.43 bits per heavy atom. The summed E-state index contributed by atoms with van der Waals surface area (Å²) in [7, 11) is 0. The number of rotatable bonds is 0. The van der Waals surface area contributed by atoms with Crippen LogP contribution in [0.5, 0.6) is 0 Å². The van der Waals surface area contributed by atoms with Gasteiger partial charge in [0.1, 0.15) is 0 Å². The van der Waals surface area contributed by atoms with E-state index in [9.17, 15) is 5.11 Å². The molecular formula is C6H9O. The molecule has 0 bridgehead atoms. The van der Waals surface area contributed by atoms with Gasteiger partial charge in [0.2, 0.25) is 0 Å². The van der Waals surface area contributed by atoms with Gasteiger partial charge in [0.25, 0.3) is 0 Å². The van der Waals surface area contributed by atoms with Gasteiger partial charge < -0.3 is 0 Å². The highest BCUT2D eigenvalue weighted by Gasteiger charge is 2.04. The van der Waals surface area contributed by atoms with E-state index in [1.165, 1.54) is 0 Å². The van der Waals surface area contributed by atoms with E-state index in [0.717, 1.165) is 19.3 Å². The quantitative estimate of drug-likeness (QED) is 0.408. The first-order chi connectivity index (χ1) is 3.39. The summed E-state index contributed by atoms with van der Waals surface area (Å²) in [5, 5.41) is 10.5. The molecule has 0 aliphatic heterocycles. The fraction of sp³-hybridized carbons (Fsp3) is 0.667. The van der Waals surface area contributed by atoms with Crippen molar-refractivity contribution in [2.24, 2.45) is 0 Å². The third-order valence-corrected chi connectivity index (χ3v) is 1.22. The largest absolute Gasteiger partial charge is 0.233 e. The molecular weight excluding hydrogens is 88.1 g/mol. The lowest BCUT2D eigenvalue weighted by Gasteiger charge is -2.06. The van der Waals surface area contributed by atoms with Crippen molar-refractivity contribution in [1.82, 2.24) is 0 Å². The van der Waals surface area contributed by atoms with E-state index >= 15 is 0 Å². The topological polar surface area (TPSA) is 19.9 Å². The van der Waals surface area contributed by atoms with Gasteiger partial charge in [-0.25, -0.2) is 5.11 Å². The maximum absolute atomic E-state index is 10.5. The molecule has 0 heterocycles. The van der Waals surface area contributed by atoms with Gasteiger partial charge in [-0.3, -0.25) is 0 Å². The minimum absolute atomic E-state index is 0.301. The van der Waals surface area contributed by atoms with E-state index in [1.54, 1.807) is 0 Å². The normalized spacial score (nSPS) is 30.7. The molecule has 0 aromatic carbocycles. The molecule has 1 aliphatic carbocycles. The average molecular weight is 97.1 g/mol. The van der Waals surface area contributed by atoms with Crippen molar-refractivity contribution >= 4 is 0 Å². The van der Waals surface area contributed by atoms with Crippen molar-refractivity contribution in [2.75, 3.05) is 0 Å². The van der Waals surface area contributed by atoms with Crippen molar-refractivity contribution in [3.05, 3.63) is 12.2 Å². The first-order valence-corrected chi connectivity index (χ1v) is 2.70. The Morgan fingerprint density at radius 3 is 2.57 bits per heavy atom. The SMILES string of the molecule is [O]C1CC=CCC1. The summed E-state index contributed by atoms with van der Waals surface area (Å²) >= 11 is 0. The van der Waals surface area contributed by atoms with Crippen LogP contribution in [0.4, 0.5) is 0 Å². The summed E-state index contributed by atoms with van der Waals surface area (Å²) in [5.41, 5.74) is 0. The third-order valence-electron chi connectivity index (χ3n) is 1.22. The molecule has 0 aromatic heterocycles. The predicted molar refractivity (Wildman–Crippen MR) is 27.5 cm³/mol. The summed E-state index contributed by atoms with van der Waals surface area (Å²) < 4.78 is 0. The summed E-state index contributed by atoms with van der Waals surface area (Å²) in [4.78, 5) is 0. The highest BCUT2D eigenvalue weighted by atomic mass is 16.3. The summed E-state index contributed by atoms with van der Waals surface area (Å²) in [6, 6.07) is 0. The molecule has 39 valence electrons. The van der Waals surface area contributed by atoms with E-state index in [2.05, 4.69) is 6.08 Å². The minimum Gasteiger partial charge on any atom is -0.233 e. The zero-order chi connectivity index (χ0) is 5.11. The molecule has 1 aliphatic rings. The van der Waals surface area contributed by atoms with Gasteiger partial charge in [-0.05, 0) is 19.3 Å². The van der Waals surface area contributed by atoms with Gasteiger partial charge in [-0.1, -0.05) is 12.2 Å². The number of allylic oxidation sites excluding steroid dienone is 1. The van der Waals surface area contributed by atoms with Crippen molar-refractivity contribution in [3.8, 4) is 0 Å². The molecule has 0 N–H and O–H groups in total. The summed E-state index contributed by atoms with van der Waals surface area (Å²) in [6.07, 6.45) is 6.34. The van der Waals surface area contributed by atoms with E-state index in [0.29, 0.717) is 0 Å². The zero-order valence-corrected chi connectivity index (χ0v) is 4.26. The van der Waals surface area contributed by atoms with Crippen molar-refractivity contribution < 1.29 is 5.11 Å². The smallest absolute Gasteiger partial charge is 0.0967 e. The molecule has 1 nitrogen and oxygen atoms in total. The van der Waals surface area contributed by atoms with Crippen LogP contribution >= 0.6 is 0 Å². The second-order valence-electron chi connectivity index (χ2n) is 1.91. The summed E-state index contributed by atoms with van der Waals surface area (Å²) in [6.45, 7) is 0. The van der Waals surface area contributed by atoms with Gasteiger partial charge in [-0.15, -0.1) is 0 Å². The fourth-order valence-electron chi connectivity index (χ4n) is 0.766. The van der Waals surface area contributed by atoms with Crippen LogP contribution in [-0.2, 0) is 5.11 Å². The second-order valence-corrected chi connectivity index (χ2v) is 1.91. The van der Waals surface area contributed by atoms with Crippen LogP contribution in [0.1, 0.15) is 19.3 Å². The Labute approximate surface area is 43.7 Å². The maximum Gasteiger partial charge on any atom is 0.0967 e. The minimum atomic E-state index is -0.301. The monoisotopic (exact) mass is 97.1 g/mol. The highest BCUT2D eigenvalue weighted by molar-refractivity contribution is 4.89. The average Bonchev–Trinajstić information content (AvgIpc) is 1.69. The molecule has 1 rings (SSSR count). The van der Waals surface area contributed by atoms with Gasteiger partial charge in [-0.2, -0.15) is 0 Å². The molecule has 0 amide bonds. The molecule has 0 saturated heterocycles. The van der Waals surface area contributed by atoms with Crippen molar-refractivity contribution in [3.63, 3.8) is 0 Å². The molecule has 7 heavy (non-hydrogen) atoms. The molecule has 0 saturated carbocycles. The lowest BCUT2D eigenvalue weighted by atomic mass is 10.1. The second kappa shape index (κ2) is 2.12. The Morgan fingerprint density at radius 2 is 2.29 bits per heavy atom. The van der Waals surface area contributed by atoms with Gasteiger partial charge in [0.15, 0.2) is 0 Å². The van der Waals surface area contributed by atoms with Crippen LogP contribution in [0.2, 0.25) is 0 Å². The number of hydrogen-bond acceptors (Lipinski definition) is 0. The van der Waals surface area contributed by atoms with Gasteiger partial charge in [0.05, 0.1) is 6.10 Å². The van der Waals surface area contributed by atoms with Gasteiger partial charge in [0, 0.05) is 0 Å². The molecule has 1 radical (unpaired) electrons. The van der Waals surface area contributed by atoms with Crippen LogP contribution < -0.4 is 0 Å².